The third kappa shape index (κ3) is 3.32. The summed E-state index contributed by atoms with van der Waals surface area (Å²) in [6.45, 7) is 1.85. The molecule has 2 N–H and O–H groups in total. The molecular weight excluding hydrogens is 372 g/mol. The number of aliphatic hydroxyl groups excluding tert-OH is 1. The van der Waals surface area contributed by atoms with Crippen molar-refractivity contribution in [2.45, 2.75) is 13.0 Å². The van der Waals surface area contributed by atoms with Gasteiger partial charge < -0.3 is 15.2 Å². The summed E-state index contributed by atoms with van der Waals surface area (Å²) in [6, 6.07) is 15.6. The normalized spacial score (nSPS) is 12.2. The molecule has 28 heavy (non-hydrogen) atoms. The molecule has 4 rings (SSSR count). The number of aromatic nitrogens is 1. The van der Waals surface area contributed by atoms with E-state index in [9.17, 15) is 9.90 Å². The first-order valence-electron chi connectivity index (χ1n) is 8.99. The first kappa shape index (κ1) is 18.4. The molecular formula is C22H20N2O3S. The number of hydrogen-bond acceptors (Lipinski definition) is 5. The third-order valence-corrected chi connectivity index (χ3v) is 5.79. The first-order valence-corrected chi connectivity index (χ1v) is 9.81. The van der Waals surface area contributed by atoms with Gasteiger partial charge in [0, 0.05) is 33.8 Å². The van der Waals surface area contributed by atoms with Gasteiger partial charge in [-0.15, -0.1) is 11.3 Å². The Morgan fingerprint density at radius 3 is 2.71 bits per heavy atom. The second kappa shape index (κ2) is 7.58. The molecule has 1 atom stereocenters. The van der Waals surface area contributed by atoms with E-state index in [1.807, 2.05) is 54.7 Å². The Morgan fingerprint density at radius 1 is 1.21 bits per heavy atom. The van der Waals surface area contributed by atoms with Crippen LogP contribution in [-0.2, 0) is 0 Å². The van der Waals surface area contributed by atoms with Crippen molar-refractivity contribution in [2.75, 3.05) is 13.7 Å². The predicted octanol–water partition coefficient (Wildman–Crippen LogP) is 4.24. The van der Waals surface area contributed by atoms with E-state index in [0.717, 1.165) is 37.9 Å². The summed E-state index contributed by atoms with van der Waals surface area (Å²) < 4.78 is 6.37. The van der Waals surface area contributed by atoms with Crippen molar-refractivity contribution in [2.24, 2.45) is 0 Å². The predicted molar refractivity (Wildman–Crippen MR) is 113 cm³/mol. The molecule has 142 valence electrons. The molecule has 4 aromatic rings. The van der Waals surface area contributed by atoms with E-state index in [-0.39, 0.29) is 12.5 Å². The highest BCUT2D eigenvalue weighted by molar-refractivity contribution is 7.22. The summed E-state index contributed by atoms with van der Waals surface area (Å²) >= 11 is 1.44. The van der Waals surface area contributed by atoms with Gasteiger partial charge in [-0.2, -0.15) is 0 Å². The van der Waals surface area contributed by atoms with E-state index in [4.69, 9.17) is 4.74 Å². The van der Waals surface area contributed by atoms with Gasteiger partial charge in [0.2, 0.25) is 0 Å². The van der Waals surface area contributed by atoms with E-state index >= 15 is 0 Å². The average Bonchev–Trinajstić information content (AvgIpc) is 3.12. The molecule has 1 amide bonds. The summed E-state index contributed by atoms with van der Waals surface area (Å²) in [5.41, 5.74) is 2.67. The molecule has 0 unspecified atom stereocenters. The van der Waals surface area contributed by atoms with Crippen molar-refractivity contribution in [3.8, 4) is 16.9 Å². The Hall–Kier alpha value is -2.96. The highest BCUT2D eigenvalue weighted by Crippen LogP contribution is 2.42. The molecule has 2 aromatic carbocycles. The molecule has 0 radical (unpaired) electrons. The Morgan fingerprint density at radius 2 is 2.00 bits per heavy atom. The standard InChI is InChI=1S/C22H20N2O3S/c1-13(25)11-24-22(26)21-19(14-6-4-3-5-7-14)17-12-23-18-9-8-15(27-2)10-16(18)20(17)28-21/h3-10,12-13,25H,11H2,1-2H3,(H,24,26)/t13-/m0/s1. The highest BCUT2D eigenvalue weighted by atomic mass is 32.1. The van der Waals surface area contributed by atoms with Gasteiger partial charge in [0.15, 0.2) is 0 Å². The van der Waals surface area contributed by atoms with E-state index in [1.54, 1.807) is 14.0 Å². The van der Waals surface area contributed by atoms with Crippen LogP contribution < -0.4 is 10.1 Å². The van der Waals surface area contributed by atoms with Crippen molar-refractivity contribution < 1.29 is 14.6 Å². The van der Waals surface area contributed by atoms with Crippen LogP contribution in [0.5, 0.6) is 5.75 Å². The third-order valence-electron chi connectivity index (χ3n) is 4.55. The van der Waals surface area contributed by atoms with E-state index < -0.39 is 6.10 Å². The first-order chi connectivity index (χ1) is 13.6. The van der Waals surface area contributed by atoms with Crippen LogP contribution in [0.4, 0.5) is 0 Å². The molecule has 0 saturated heterocycles. The molecule has 2 aromatic heterocycles. The maximum atomic E-state index is 12.9. The van der Waals surface area contributed by atoms with Crippen LogP contribution in [0.25, 0.3) is 32.1 Å². The van der Waals surface area contributed by atoms with Crippen LogP contribution in [0.1, 0.15) is 16.6 Å². The fraction of sp³-hybridized carbons (Fsp3) is 0.182. The average molecular weight is 392 g/mol. The van der Waals surface area contributed by atoms with E-state index in [1.165, 1.54) is 11.3 Å². The smallest absolute Gasteiger partial charge is 0.262 e. The number of benzene rings is 2. The van der Waals surface area contributed by atoms with Crippen molar-refractivity contribution >= 4 is 38.2 Å². The van der Waals surface area contributed by atoms with E-state index in [0.29, 0.717) is 4.88 Å². The summed E-state index contributed by atoms with van der Waals surface area (Å²) in [7, 11) is 1.63. The molecule has 6 heteroatoms. The number of ether oxygens (including phenoxy) is 1. The number of pyridine rings is 1. The van der Waals surface area contributed by atoms with Crippen molar-refractivity contribution in [1.82, 2.24) is 10.3 Å². The molecule has 0 spiro atoms. The highest BCUT2D eigenvalue weighted by Gasteiger charge is 2.21. The van der Waals surface area contributed by atoms with Gasteiger partial charge in [0.05, 0.1) is 18.7 Å². The van der Waals surface area contributed by atoms with Crippen LogP contribution in [0.15, 0.2) is 54.7 Å². The number of hydrogen-bond donors (Lipinski definition) is 2. The molecule has 5 nitrogen and oxygen atoms in total. The van der Waals surface area contributed by atoms with E-state index in [2.05, 4.69) is 10.3 Å². The minimum atomic E-state index is -0.606. The number of thiophene rings is 1. The maximum absolute atomic E-state index is 12.9. The second-order valence-corrected chi connectivity index (χ2v) is 7.64. The molecule has 0 aliphatic rings. The molecule has 0 aliphatic carbocycles. The minimum Gasteiger partial charge on any atom is -0.497 e. The Balaban J connectivity index is 1.98. The van der Waals surface area contributed by atoms with Crippen LogP contribution >= 0.6 is 11.3 Å². The zero-order valence-electron chi connectivity index (χ0n) is 15.6. The largest absolute Gasteiger partial charge is 0.497 e. The summed E-state index contributed by atoms with van der Waals surface area (Å²) in [5.74, 6) is 0.550. The number of rotatable bonds is 5. The zero-order chi connectivity index (χ0) is 19.7. The van der Waals surface area contributed by atoms with Gasteiger partial charge in [-0.3, -0.25) is 9.78 Å². The summed E-state index contributed by atoms with van der Waals surface area (Å²) in [4.78, 5) is 18.1. The number of carbonyl (C=O) groups is 1. The number of fused-ring (bicyclic) bond motifs is 3. The lowest BCUT2D eigenvalue weighted by Gasteiger charge is -2.08. The molecule has 0 bridgehead atoms. The Bertz CT molecular complexity index is 1150. The van der Waals surface area contributed by atoms with Gasteiger partial charge in [0.1, 0.15) is 10.6 Å². The van der Waals surface area contributed by atoms with Gasteiger partial charge in [-0.05, 0) is 30.7 Å². The lowest BCUT2D eigenvalue weighted by atomic mass is 10.0. The lowest BCUT2D eigenvalue weighted by Crippen LogP contribution is -2.30. The van der Waals surface area contributed by atoms with Crippen LogP contribution in [-0.4, -0.2) is 35.8 Å². The SMILES string of the molecule is COc1ccc2ncc3c(-c4ccccc4)c(C(=O)NC[C@H](C)O)sc3c2c1. The van der Waals surface area contributed by atoms with Crippen molar-refractivity contribution in [1.29, 1.82) is 0 Å². The molecule has 0 saturated carbocycles. The van der Waals surface area contributed by atoms with Crippen LogP contribution in [0, 0.1) is 0 Å². The lowest BCUT2D eigenvalue weighted by molar-refractivity contribution is 0.0928. The van der Waals surface area contributed by atoms with Gasteiger partial charge >= 0.3 is 0 Å². The van der Waals surface area contributed by atoms with Crippen LogP contribution in [0.3, 0.4) is 0 Å². The number of aliphatic hydroxyl groups is 1. The minimum absolute atomic E-state index is 0.197. The number of nitrogens with zero attached hydrogens (tertiary/aromatic N) is 1. The summed E-state index contributed by atoms with van der Waals surface area (Å²) in [6.07, 6.45) is 1.22. The summed E-state index contributed by atoms with van der Waals surface area (Å²) in [5, 5.41) is 14.2. The Labute approximate surface area is 166 Å². The van der Waals surface area contributed by atoms with Gasteiger partial charge in [-0.1, -0.05) is 30.3 Å². The van der Waals surface area contributed by atoms with Gasteiger partial charge in [-0.25, -0.2) is 0 Å². The number of nitrogens with one attached hydrogen (secondary N) is 1. The van der Waals surface area contributed by atoms with Gasteiger partial charge in [0.25, 0.3) is 5.91 Å². The number of amides is 1. The maximum Gasteiger partial charge on any atom is 0.262 e. The monoisotopic (exact) mass is 392 g/mol. The Kier molecular flexibility index (Phi) is 4.98. The number of methoxy groups -OCH3 is 1. The number of carbonyl (C=O) groups excluding carboxylic acids is 1. The fourth-order valence-corrected chi connectivity index (χ4v) is 4.45. The topological polar surface area (TPSA) is 71.5 Å². The van der Waals surface area contributed by atoms with Crippen molar-refractivity contribution in [3.05, 3.63) is 59.6 Å². The second-order valence-electron chi connectivity index (χ2n) is 6.62. The fourth-order valence-electron chi connectivity index (χ4n) is 3.21. The van der Waals surface area contributed by atoms with Crippen LogP contribution in [0.2, 0.25) is 0 Å². The molecule has 2 heterocycles. The zero-order valence-corrected chi connectivity index (χ0v) is 16.4. The van der Waals surface area contributed by atoms with Crippen molar-refractivity contribution in [3.63, 3.8) is 0 Å². The molecule has 0 fully saturated rings. The molecule has 0 aliphatic heterocycles. The quantitative estimate of drug-likeness (QED) is 0.533.